The molecule has 0 aromatic carbocycles. The first-order chi connectivity index (χ1) is 12.7. The average molecular weight is 366 g/mol. The Bertz CT molecular complexity index is 879. The lowest BCUT2D eigenvalue weighted by Crippen LogP contribution is -2.20. The van der Waals surface area contributed by atoms with Crippen LogP contribution in [0.1, 0.15) is 35.1 Å². The minimum absolute atomic E-state index is 0.366. The van der Waals surface area contributed by atoms with Gasteiger partial charge in [0.05, 0.1) is 5.69 Å². The Balaban J connectivity index is 1.46. The highest BCUT2D eigenvalue weighted by molar-refractivity contribution is 7.13. The van der Waals surface area contributed by atoms with Crippen LogP contribution in [-0.2, 0) is 6.54 Å². The molecule has 3 aromatic rings. The largest absolute Gasteiger partial charge is 0.316 e. The second kappa shape index (κ2) is 7.47. The van der Waals surface area contributed by atoms with Gasteiger partial charge < -0.3 is 5.32 Å². The van der Waals surface area contributed by atoms with E-state index < -0.39 is 0 Å². The first-order valence-electron chi connectivity index (χ1n) is 8.82. The van der Waals surface area contributed by atoms with Gasteiger partial charge in [-0.05, 0) is 38.4 Å². The van der Waals surface area contributed by atoms with Crippen LogP contribution in [-0.4, -0.2) is 37.9 Å². The monoisotopic (exact) mass is 366 g/mol. The molecule has 4 heterocycles. The Hall–Kier alpha value is -2.38. The van der Waals surface area contributed by atoms with E-state index in [-0.39, 0.29) is 0 Å². The van der Waals surface area contributed by atoms with E-state index in [4.69, 9.17) is 9.97 Å². The first kappa shape index (κ1) is 17.1. The van der Waals surface area contributed by atoms with E-state index in [1.54, 1.807) is 11.3 Å². The molecular weight excluding hydrogens is 344 g/mol. The molecule has 4 rings (SSSR count). The Morgan fingerprint density at radius 3 is 2.92 bits per heavy atom. The van der Waals surface area contributed by atoms with Gasteiger partial charge in [0.1, 0.15) is 11.6 Å². The quantitative estimate of drug-likeness (QED) is 0.743. The van der Waals surface area contributed by atoms with Gasteiger partial charge in [0, 0.05) is 48.5 Å². The zero-order valence-corrected chi connectivity index (χ0v) is 15.8. The molecule has 3 aromatic heterocycles. The van der Waals surface area contributed by atoms with Crippen molar-refractivity contribution in [2.75, 3.05) is 18.4 Å². The lowest BCUT2D eigenvalue weighted by molar-refractivity contribution is 0.325. The predicted octanol–water partition coefficient (Wildman–Crippen LogP) is 3.68. The fourth-order valence-electron chi connectivity index (χ4n) is 3.30. The molecule has 134 valence electrons. The van der Waals surface area contributed by atoms with Crippen molar-refractivity contribution in [1.29, 1.82) is 0 Å². The number of anilines is 2. The van der Waals surface area contributed by atoms with Crippen molar-refractivity contribution in [3.05, 3.63) is 58.7 Å². The average Bonchev–Trinajstić information content (AvgIpc) is 3.24. The van der Waals surface area contributed by atoms with E-state index in [0.29, 0.717) is 5.92 Å². The summed E-state index contributed by atoms with van der Waals surface area (Å²) in [6, 6.07) is 6.09. The zero-order chi connectivity index (χ0) is 17.9. The third kappa shape index (κ3) is 4.05. The molecule has 0 aliphatic carbocycles. The Morgan fingerprint density at radius 1 is 1.23 bits per heavy atom. The second-order valence-corrected chi connectivity index (χ2v) is 7.61. The molecule has 0 saturated carbocycles. The third-order valence-electron chi connectivity index (χ3n) is 4.49. The first-order valence-corrected chi connectivity index (χ1v) is 9.69. The van der Waals surface area contributed by atoms with Gasteiger partial charge in [0.2, 0.25) is 0 Å². The summed E-state index contributed by atoms with van der Waals surface area (Å²) in [6.07, 6.45) is 4.84. The second-order valence-electron chi connectivity index (χ2n) is 6.75. The van der Waals surface area contributed by atoms with Crippen molar-refractivity contribution in [2.24, 2.45) is 0 Å². The Labute approximate surface area is 157 Å². The van der Waals surface area contributed by atoms with E-state index in [1.807, 2.05) is 43.8 Å². The van der Waals surface area contributed by atoms with Gasteiger partial charge in [-0.3, -0.25) is 9.88 Å². The zero-order valence-electron chi connectivity index (χ0n) is 15.0. The van der Waals surface area contributed by atoms with Gasteiger partial charge in [-0.25, -0.2) is 15.0 Å². The van der Waals surface area contributed by atoms with E-state index in [1.165, 1.54) is 5.56 Å². The normalized spacial score (nSPS) is 17.5. The summed E-state index contributed by atoms with van der Waals surface area (Å²) in [5.41, 5.74) is 3.25. The highest BCUT2D eigenvalue weighted by Crippen LogP contribution is 2.28. The van der Waals surface area contributed by atoms with E-state index in [0.717, 1.165) is 54.2 Å². The van der Waals surface area contributed by atoms with Crippen LogP contribution >= 0.6 is 11.3 Å². The number of rotatable bonds is 5. The molecule has 1 aliphatic rings. The number of aryl methyl sites for hydroxylation is 2. The molecule has 0 bridgehead atoms. The molecule has 6 nitrogen and oxygen atoms in total. The van der Waals surface area contributed by atoms with Crippen LogP contribution in [0.2, 0.25) is 0 Å². The summed E-state index contributed by atoms with van der Waals surface area (Å²) >= 11 is 1.59. The summed E-state index contributed by atoms with van der Waals surface area (Å²) < 4.78 is 0. The topological polar surface area (TPSA) is 66.8 Å². The van der Waals surface area contributed by atoms with Gasteiger partial charge >= 0.3 is 0 Å². The van der Waals surface area contributed by atoms with Crippen LogP contribution in [0.25, 0.3) is 0 Å². The third-order valence-corrected chi connectivity index (χ3v) is 5.37. The molecule has 26 heavy (non-hydrogen) atoms. The van der Waals surface area contributed by atoms with Crippen LogP contribution in [0.5, 0.6) is 0 Å². The van der Waals surface area contributed by atoms with Crippen molar-refractivity contribution in [3.8, 4) is 0 Å². The van der Waals surface area contributed by atoms with Crippen LogP contribution in [0.3, 0.4) is 0 Å². The van der Waals surface area contributed by atoms with Crippen molar-refractivity contribution in [3.63, 3.8) is 0 Å². The predicted molar refractivity (Wildman–Crippen MR) is 104 cm³/mol. The maximum Gasteiger partial charge on any atom is 0.188 e. The number of nitrogens with zero attached hydrogens (tertiary/aromatic N) is 5. The highest BCUT2D eigenvalue weighted by atomic mass is 32.1. The molecule has 0 unspecified atom stereocenters. The van der Waals surface area contributed by atoms with Crippen molar-refractivity contribution in [2.45, 2.75) is 32.7 Å². The van der Waals surface area contributed by atoms with Gasteiger partial charge in [-0.1, -0.05) is 6.07 Å². The fraction of sp³-hybridized carbons (Fsp3) is 0.368. The van der Waals surface area contributed by atoms with Gasteiger partial charge in [-0.2, -0.15) is 0 Å². The molecule has 1 fully saturated rings. The number of nitrogens with one attached hydrogen (secondary N) is 1. The van der Waals surface area contributed by atoms with E-state index >= 15 is 0 Å². The van der Waals surface area contributed by atoms with Crippen LogP contribution in [0, 0.1) is 13.8 Å². The number of likely N-dealkylation sites (tertiary alicyclic amines) is 1. The molecule has 1 aliphatic heterocycles. The van der Waals surface area contributed by atoms with Crippen molar-refractivity contribution in [1.82, 2.24) is 24.8 Å². The lowest BCUT2D eigenvalue weighted by atomic mass is 10.1. The number of thiazole rings is 1. The summed E-state index contributed by atoms with van der Waals surface area (Å²) in [6.45, 7) is 6.98. The SMILES string of the molecule is Cc1cc(Nc2nc(C)cs2)nc([C@H]2CCN(Cc3cccnc3)C2)n1. The molecule has 0 spiro atoms. The number of hydrogen-bond acceptors (Lipinski definition) is 7. The van der Waals surface area contributed by atoms with Crippen molar-refractivity contribution < 1.29 is 0 Å². The molecule has 1 atom stereocenters. The molecule has 0 amide bonds. The van der Waals surface area contributed by atoms with E-state index in [2.05, 4.69) is 26.3 Å². The van der Waals surface area contributed by atoms with Crippen LogP contribution in [0.4, 0.5) is 10.9 Å². The lowest BCUT2D eigenvalue weighted by Gasteiger charge is -2.16. The van der Waals surface area contributed by atoms with Crippen LogP contribution in [0.15, 0.2) is 36.0 Å². The van der Waals surface area contributed by atoms with Gasteiger partial charge in [0.15, 0.2) is 5.13 Å². The van der Waals surface area contributed by atoms with E-state index in [9.17, 15) is 0 Å². The number of hydrogen-bond donors (Lipinski definition) is 1. The Kier molecular flexibility index (Phi) is 4.90. The molecular formula is C19H22N6S. The molecule has 0 radical (unpaired) electrons. The van der Waals surface area contributed by atoms with Gasteiger partial charge in [-0.15, -0.1) is 11.3 Å². The minimum Gasteiger partial charge on any atom is -0.316 e. The van der Waals surface area contributed by atoms with Crippen LogP contribution < -0.4 is 5.32 Å². The maximum absolute atomic E-state index is 4.77. The highest BCUT2D eigenvalue weighted by Gasteiger charge is 2.26. The molecule has 1 N–H and O–H groups in total. The number of pyridine rings is 1. The summed E-state index contributed by atoms with van der Waals surface area (Å²) in [7, 11) is 0. The minimum atomic E-state index is 0.366. The fourth-order valence-corrected chi connectivity index (χ4v) is 3.99. The standard InChI is InChI=1S/C19H22N6S/c1-13-8-17(24-19-22-14(2)12-26-19)23-18(21-13)16-5-7-25(11-16)10-15-4-3-6-20-9-15/h3-4,6,8-9,12,16H,5,7,10-11H2,1-2H3,(H,21,22,23,24)/t16-/m0/s1. The molecule has 1 saturated heterocycles. The number of aromatic nitrogens is 4. The summed E-state index contributed by atoms with van der Waals surface area (Å²) in [5.74, 6) is 2.12. The maximum atomic E-state index is 4.77. The summed E-state index contributed by atoms with van der Waals surface area (Å²) in [5, 5.41) is 6.22. The Morgan fingerprint density at radius 2 is 2.15 bits per heavy atom. The molecule has 7 heteroatoms. The summed E-state index contributed by atoms with van der Waals surface area (Å²) in [4.78, 5) is 20.6. The van der Waals surface area contributed by atoms with Gasteiger partial charge in [0.25, 0.3) is 0 Å². The smallest absolute Gasteiger partial charge is 0.188 e. The van der Waals surface area contributed by atoms with Crippen molar-refractivity contribution >= 4 is 22.3 Å².